The smallest absolute Gasteiger partial charge is 0.263 e. The van der Waals surface area contributed by atoms with Crippen molar-refractivity contribution < 1.29 is 37.2 Å². The van der Waals surface area contributed by atoms with E-state index in [1.807, 2.05) is 158 Å². The zero-order chi connectivity index (χ0) is 53.1. The van der Waals surface area contributed by atoms with Crippen LogP contribution in [0.3, 0.4) is 0 Å². The number of piperazine rings is 2. The fraction of sp³-hybridized carbons (Fsp3) is 0.344. The summed E-state index contributed by atoms with van der Waals surface area (Å²) in [5.41, 5.74) is 8.87. The van der Waals surface area contributed by atoms with Crippen molar-refractivity contribution in [3.05, 3.63) is 215 Å². The molecular formula is C64H62F4N6O4. The summed E-state index contributed by atoms with van der Waals surface area (Å²) >= 11 is 0. The van der Waals surface area contributed by atoms with Crippen LogP contribution in [0.15, 0.2) is 170 Å². The predicted octanol–water partition coefficient (Wildman–Crippen LogP) is 10.4. The van der Waals surface area contributed by atoms with E-state index >= 15 is 0 Å². The van der Waals surface area contributed by atoms with Gasteiger partial charge < -0.3 is 19.7 Å². The highest BCUT2D eigenvalue weighted by Gasteiger charge is 2.72. The Balaban J connectivity index is 0.000000148. The molecule has 0 radical (unpaired) electrons. The van der Waals surface area contributed by atoms with Gasteiger partial charge in [-0.25, -0.2) is 17.6 Å². The highest BCUT2D eigenvalue weighted by Crippen LogP contribution is 2.71. The summed E-state index contributed by atoms with van der Waals surface area (Å²) in [6.07, 6.45) is 2.25. The Labute approximate surface area is 451 Å². The van der Waals surface area contributed by atoms with Crippen LogP contribution in [0.2, 0.25) is 0 Å². The Morgan fingerprint density at radius 3 is 1.06 bits per heavy atom. The molecule has 2 saturated carbocycles. The number of aromatic nitrogens is 2. The molecule has 4 fully saturated rings. The van der Waals surface area contributed by atoms with E-state index in [9.17, 15) is 27.8 Å². The van der Waals surface area contributed by atoms with Gasteiger partial charge in [0.05, 0.1) is 46.8 Å². The van der Waals surface area contributed by atoms with E-state index < -0.39 is 47.7 Å². The van der Waals surface area contributed by atoms with Crippen LogP contribution in [0.25, 0.3) is 21.8 Å². The fourth-order valence-corrected chi connectivity index (χ4v) is 13.4. The van der Waals surface area contributed by atoms with Crippen molar-refractivity contribution in [1.82, 2.24) is 29.6 Å². The molecule has 78 heavy (non-hydrogen) atoms. The number of aliphatic hydroxyl groups excluding tert-OH is 2. The number of alkyl halides is 4. The molecule has 2 unspecified atom stereocenters. The van der Waals surface area contributed by atoms with Crippen LogP contribution in [0.5, 0.6) is 11.5 Å². The second kappa shape index (κ2) is 20.8. The Morgan fingerprint density at radius 2 is 0.731 bits per heavy atom. The van der Waals surface area contributed by atoms with Gasteiger partial charge in [0, 0.05) is 88.6 Å². The maximum absolute atomic E-state index is 15.0. The zero-order valence-electron chi connectivity index (χ0n) is 43.2. The van der Waals surface area contributed by atoms with Gasteiger partial charge in [-0.1, -0.05) is 109 Å². The van der Waals surface area contributed by atoms with E-state index in [0.29, 0.717) is 13.1 Å². The third-order valence-corrected chi connectivity index (χ3v) is 17.2. The molecule has 6 aliphatic rings. The predicted molar refractivity (Wildman–Crippen MR) is 293 cm³/mol. The van der Waals surface area contributed by atoms with Crippen LogP contribution in [0.1, 0.15) is 80.3 Å². The number of hydrogen-bond acceptors (Lipinski definition) is 10. The van der Waals surface area contributed by atoms with Gasteiger partial charge in [0.15, 0.2) is 0 Å². The van der Waals surface area contributed by atoms with E-state index in [1.165, 1.54) is 0 Å². The van der Waals surface area contributed by atoms with Crippen LogP contribution in [0.4, 0.5) is 17.6 Å². The van der Waals surface area contributed by atoms with Gasteiger partial charge in [-0.15, -0.1) is 0 Å². The molecule has 8 atom stereocenters. The van der Waals surface area contributed by atoms with E-state index in [4.69, 9.17) is 9.47 Å². The first-order valence-corrected chi connectivity index (χ1v) is 27.4. The molecule has 4 aliphatic carbocycles. The molecule has 14 rings (SSSR count). The Bertz CT molecular complexity index is 3110. The van der Waals surface area contributed by atoms with Gasteiger partial charge in [-0.05, 0) is 93.0 Å². The van der Waals surface area contributed by atoms with E-state index in [-0.39, 0.29) is 25.3 Å². The maximum Gasteiger partial charge on any atom is 0.263 e. The highest BCUT2D eigenvalue weighted by molar-refractivity contribution is 5.85. The molecule has 0 bridgehead atoms. The van der Waals surface area contributed by atoms with Crippen molar-refractivity contribution in [1.29, 1.82) is 0 Å². The molecule has 0 spiro atoms. The fourth-order valence-electron chi connectivity index (χ4n) is 13.4. The van der Waals surface area contributed by atoms with Gasteiger partial charge in [0.25, 0.3) is 11.8 Å². The lowest BCUT2D eigenvalue weighted by Gasteiger charge is -2.41. The topological polar surface area (TPSA) is 97.7 Å². The van der Waals surface area contributed by atoms with Crippen LogP contribution in [-0.2, 0) is 0 Å². The number of benzene rings is 6. The van der Waals surface area contributed by atoms with Crippen molar-refractivity contribution in [3.63, 3.8) is 0 Å². The van der Waals surface area contributed by atoms with Crippen molar-refractivity contribution in [2.24, 2.45) is 0 Å². The zero-order valence-corrected chi connectivity index (χ0v) is 43.2. The van der Waals surface area contributed by atoms with Crippen molar-refractivity contribution in [2.45, 2.75) is 59.8 Å². The summed E-state index contributed by atoms with van der Waals surface area (Å²) in [6.45, 7) is 7.78. The second-order valence-corrected chi connectivity index (χ2v) is 21.8. The molecule has 400 valence electrons. The third kappa shape index (κ3) is 9.39. The van der Waals surface area contributed by atoms with E-state index in [0.717, 1.165) is 130 Å². The van der Waals surface area contributed by atoms with Crippen molar-refractivity contribution in [3.8, 4) is 11.5 Å². The molecule has 14 heteroatoms. The third-order valence-electron chi connectivity index (χ3n) is 17.2. The molecule has 8 aromatic rings. The summed E-state index contributed by atoms with van der Waals surface area (Å²) in [5.74, 6) is -6.92. The molecule has 10 nitrogen and oxygen atoms in total. The lowest BCUT2D eigenvalue weighted by atomic mass is 9.90. The lowest BCUT2D eigenvalue weighted by Crippen LogP contribution is -2.50. The first-order chi connectivity index (χ1) is 38.0. The number of nitrogens with zero attached hydrogens (tertiary/aromatic N) is 6. The summed E-state index contributed by atoms with van der Waals surface area (Å²) in [5, 5.41) is 23.4. The van der Waals surface area contributed by atoms with Crippen LogP contribution in [0, 0.1) is 0 Å². The van der Waals surface area contributed by atoms with Crippen molar-refractivity contribution in [2.75, 3.05) is 78.7 Å². The molecule has 2 aromatic heterocycles. The average Bonchev–Trinajstić information content (AvgIpc) is 3.45. The van der Waals surface area contributed by atoms with Gasteiger partial charge >= 0.3 is 0 Å². The Hall–Kier alpha value is -6.78. The number of ether oxygens (including phenoxy) is 2. The summed E-state index contributed by atoms with van der Waals surface area (Å²) in [6, 6.07) is 50.2. The number of fused-ring (bicyclic) bond motifs is 12. The minimum atomic E-state index is -2.70. The van der Waals surface area contributed by atoms with Gasteiger partial charge in [0.1, 0.15) is 36.9 Å². The second-order valence-electron chi connectivity index (χ2n) is 21.8. The van der Waals surface area contributed by atoms with E-state index in [2.05, 4.69) is 29.6 Å². The maximum atomic E-state index is 15.0. The molecule has 2 N–H and O–H groups in total. The molecule has 6 aromatic carbocycles. The Morgan fingerprint density at radius 1 is 0.410 bits per heavy atom. The number of hydrogen-bond donors (Lipinski definition) is 2. The monoisotopic (exact) mass is 1050 g/mol. The molecule has 2 aliphatic heterocycles. The minimum absolute atomic E-state index is 0.0450. The summed E-state index contributed by atoms with van der Waals surface area (Å²) in [4.78, 5) is 18.1. The largest absolute Gasteiger partial charge is 0.490 e. The number of β-amino-alcohol motifs (C(OH)–C–C–N with tert-alkyl or cyclic N) is 2. The van der Waals surface area contributed by atoms with E-state index in [1.54, 1.807) is 12.4 Å². The van der Waals surface area contributed by atoms with Gasteiger partial charge in [-0.3, -0.25) is 29.6 Å². The van der Waals surface area contributed by atoms with Gasteiger partial charge in [0.2, 0.25) is 0 Å². The average molecular weight is 1060 g/mol. The molecular weight excluding hydrogens is 993 g/mol. The number of halogens is 4. The summed E-state index contributed by atoms with van der Waals surface area (Å²) in [7, 11) is 0. The SMILES string of the molecule is O[C@@H](COc1cccc2ncccc12)CN1CCN(C2c3ccccc3[C@@H]3[C@H](c4ccccc42)C3(F)F)CC1.O[C@@H](COc1cccc2ncccc12)CN1CCN(C2c3ccccc3[C@@H]3[C@H](c4ccccc42)C3(F)F)CC1. The van der Waals surface area contributed by atoms with Gasteiger partial charge in [-0.2, -0.15) is 0 Å². The van der Waals surface area contributed by atoms with Crippen molar-refractivity contribution >= 4 is 21.8 Å². The Kier molecular flexibility index (Phi) is 13.5. The number of aliphatic hydroxyl groups is 2. The quantitative estimate of drug-likeness (QED) is 0.115. The lowest BCUT2D eigenvalue weighted by molar-refractivity contribution is 0.0399. The van der Waals surface area contributed by atoms with Crippen LogP contribution >= 0.6 is 0 Å². The van der Waals surface area contributed by atoms with Crippen LogP contribution in [-0.4, -0.2) is 142 Å². The molecule has 4 heterocycles. The molecule has 0 amide bonds. The molecule has 2 saturated heterocycles. The van der Waals surface area contributed by atoms with Crippen LogP contribution < -0.4 is 9.47 Å². The summed E-state index contributed by atoms with van der Waals surface area (Å²) < 4.78 is 71.8. The number of rotatable bonds is 12. The number of pyridine rings is 2. The highest BCUT2D eigenvalue weighted by atomic mass is 19.3. The standard InChI is InChI=1S/2C32H31F2N3O2/c2*33-32(34)29-22-7-1-3-9-24(22)31(25-10-4-2-8-23(25)30(29)32)37-17-15-36(16-18-37)19-21(38)20-39-28-13-5-12-27-26(28)11-6-14-35-27/h2*1-14,21,29-31,38H,15-20H2/t2*21-,29-,30+,31?/m11/s1. The minimum Gasteiger partial charge on any atom is -0.490 e. The first-order valence-electron chi connectivity index (χ1n) is 27.4. The first kappa shape index (κ1) is 50.7. The normalized spacial score (nSPS) is 24.7.